The van der Waals surface area contributed by atoms with Gasteiger partial charge >= 0.3 is 0 Å². The van der Waals surface area contributed by atoms with Gasteiger partial charge in [0.2, 0.25) is 5.95 Å². The number of nitrogens with zero attached hydrogens (tertiary/aromatic N) is 2. The highest BCUT2D eigenvalue weighted by atomic mass is 16.5. The summed E-state index contributed by atoms with van der Waals surface area (Å²) in [5.41, 5.74) is 0. The first-order valence-electron chi connectivity index (χ1n) is 5.53. The molecule has 1 heterocycles. The van der Waals surface area contributed by atoms with Gasteiger partial charge in [-0.2, -0.15) is 0 Å². The van der Waals surface area contributed by atoms with Crippen molar-refractivity contribution in [3.63, 3.8) is 0 Å². The summed E-state index contributed by atoms with van der Waals surface area (Å²) in [5, 5.41) is 3.30. The Balaban J connectivity index is 2.43. The van der Waals surface area contributed by atoms with Crippen LogP contribution in [-0.2, 0) is 16.0 Å². The fraction of sp³-hybridized carbons (Fsp3) is 0.727. The van der Waals surface area contributed by atoms with Crippen LogP contribution in [0.25, 0.3) is 0 Å². The van der Waals surface area contributed by atoms with Crippen LogP contribution >= 0.6 is 0 Å². The summed E-state index contributed by atoms with van der Waals surface area (Å²) in [7, 11) is 3.41. The number of aryl methyl sites for hydroxylation is 1. The maximum absolute atomic E-state index is 5.07. The van der Waals surface area contributed by atoms with Gasteiger partial charge in [0.15, 0.2) is 0 Å². The summed E-state index contributed by atoms with van der Waals surface area (Å²) >= 11 is 0. The molecule has 0 saturated carbocycles. The zero-order valence-corrected chi connectivity index (χ0v) is 10.3. The summed E-state index contributed by atoms with van der Waals surface area (Å²) in [6.45, 7) is 4.42. The highest BCUT2D eigenvalue weighted by Gasteiger charge is 2.06. The number of hydrogen-bond donors (Lipinski definition) is 1. The van der Waals surface area contributed by atoms with Crippen molar-refractivity contribution >= 4 is 5.95 Å². The van der Waals surface area contributed by atoms with E-state index >= 15 is 0 Å². The molecule has 1 atom stereocenters. The zero-order valence-electron chi connectivity index (χ0n) is 10.3. The second kappa shape index (κ2) is 7.24. The average molecular weight is 227 g/mol. The van der Waals surface area contributed by atoms with E-state index in [2.05, 4.69) is 21.8 Å². The van der Waals surface area contributed by atoms with Crippen molar-refractivity contribution in [3.8, 4) is 0 Å². The fourth-order valence-corrected chi connectivity index (χ4v) is 1.52. The zero-order chi connectivity index (χ0) is 11.8. The Morgan fingerprint density at radius 1 is 1.44 bits per heavy atom. The van der Waals surface area contributed by atoms with E-state index in [1.54, 1.807) is 20.4 Å². The minimum Gasteiger partial charge on any atom is -0.385 e. The van der Waals surface area contributed by atoms with E-state index in [1.165, 1.54) is 0 Å². The number of hydrogen-bond acceptors (Lipinski definition) is 4. The predicted molar refractivity (Wildman–Crippen MR) is 63.7 cm³/mol. The first-order valence-corrected chi connectivity index (χ1v) is 5.53. The maximum Gasteiger partial charge on any atom is 0.203 e. The molecule has 1 N–H and O–H groups in total. The lowest BCUT2D eigenvalue weighted by molar-refractivity contribution is 0.188. The van der Waals surface area contributed by atoms with Crippen LogP contribution in [0.4, 0.5) is 5.95 Å². The number of methoxy groups -OCH3 is 2. The van der Waals surface area contributed by atoms with Gasteiger partial charge < -0.3 is 19.4 Å². The molecule has 1 unspecified atom stereocenters. The van der Waals surface area contributed by atoms with Gasteiger partial charge in [0.05, 0.1) is 6.61 Å². The molecule has 92 valence electrons. The minimum atomic E-state index is 0.258. The van der Waals surface area contributed by atoms with E-state index in [4.69, 9.17) is 9.47 Å². The third-order valence-corrected chi connectivity index (χ3v) is 2.26. The molecule has 0 saturated heterocycles. The maximum atomic E-state index is 5.07. The Morgan fingerprint density at radius 3 is 2.94 bits per heavy atom. The number of imidazole rings is 1. The van der Waals surface area contributed by atoms with Crippen molar-refractivity contribution in [2.45, 2.75) is 25.9 Å². The summed E-state index contributed by atoms with van der Waals surface area (Å²) < 4.78 is 12.2. The summed E-state index contributed by atoms with van der Waals surface area (Å²) in [4.78, 5) is 4.27. The van der Waals surface area contributed by atoms with E-state index in [-0.39, 0.29) is 6.04 Å². The summed E-state index contributed by atoms with van der Waals surface area (Å²) in [6.07, 6.45) is 4.76. The van der Waals surface area contributed by atoms with Crippen molar-refractivity contribution in [2.75, 3.05) is 32.8 Å². The molecule has 5 heteroatoms. The molecule has 0 fully saturated rings. The van der Waals surface area contributed by atoms with Crippen LogP contribution in [0.2, 0.25) is 0 Å². The van der Waals surface area contributed by atoms with Crippen molar-refractivity contribution in [1.29, 1.82) is 0 Å². The molecule has 0 amide bonds. The molecule has 0 bridgehead atoms. The number of ether oxygens (including phenoxy) is 2. The third kappa shape index (κ3) is 4.20. The highest BCUT2D eigenvalue weighted by Crippen LogP contribution is 2.07. The van der Waals surface area contributed by atoms with Crippen LogP contribution in [0, 0.1) is 0 Å². The third-order valence-electron chi connectivity index (χ3n) is 2.26. The first-order chi connectivity index (χ1) is 7.77. The van der Waals surface area contributed by atoms with Crippen molar-refractivity contribution < 1.29 is 9.47 Å². The molecule has 1 aromatic rings. The minimum absolute atomic E-state index is 0.258. The molecular formula is C11H21N3O2. The van der Waals surface area contributed by atoms with Crippen LogP contribution in [0.1, 0.15) is 13.3 Å². The van der Waals surface area contributed by atoms with E-state index < -0.39 is 0 Å². The van der Waals surface area contributed by atoms with Gasteiger partial charge in [0.25, 0.3) is 0 Å². The topological polar surface area (TPSA) is 48.3 Å². The number of rotatable bonds is 8. The fourth-order valence-electron chi connectivity index (χ4n) is 1.52. The van der Waals surface area contributed by atoms with Crippen molar-refractivity contribution in [2.24, 2.45) is 0 Å². The lowest BCUT2D eigenvalue weighted by Crippen LogP contribution is -2.23. The van der Waals surface area contributed by atoms with Gasteiger partial charge in [-0.1, -0.05) is 0 Å². The molecule has 16 heavy (non-hydrogen) atoms. The van der Waals surface area contributed by atoms with Gasteiger partial charge in [0, 0.05) is 45.8 Å². The number of anilines is 1. The van der Waals surface area contributed by atoms with Crippen LogP contribution in [0.15, 0.2) is 12.4 Å². The standard InChI is InChI=1S/C11H21N3O2/c1-10(9-16-3)13-11-12-5-7-14(11)6-4-8-15-2/h5,7,10H,4,6,8-9H2,1-3H3,(H,12,13). The Hall–Kier alpha value is -1.07. The molecule has 0 radical (unpaired) electrons. The Kier molecular flexibility index (Phi) is 5.88. The van der Waals surface area contributed by atoms with Crippen molar-refractivity contribution in [1.82, 2.24) is 9.55 Å². The number of nitrogens with one attached hydrogen (secondary N) is 1. The van der Waals surface area contributed by atoms with Gasteiger partial charge in [-0.15, -0.1) is 0 Å². The largest absolute Gasteiger partial charge is 0.385 e. The van der Waals surface area contributed by atoms with Gasteiger partial charge in [0.1, 0.15) is 0 Å². The van der Waals surface area contributed by atoms with Crippen LogP contribution in [0.3, 0.4) is 0 Å². The second-order valence-corrected chi connectivity index (χ2v) is 3.79. The Morgan fingerprint density at radius 2 is 2.25 bits per heavy atom. The lowest BCUT2D eigenvalue weighted by Gasteiger charge is -2.15. The summed E-state index contributed by atoms with van der Waals surface area (Å²) in [6, 6.07) is 0.258. The average Bonchev–Trinajstić information content (AvgIpc) is 2.66. The monoisotopic (exact) mass is 227 g/mol. The number of aromatic nitrogens is 2. The molecular weight excluding hydrogens is 206 g/mol. The van der Waals surface area contributed by atoms with Gasteiger partial charge in [-0.3, -0.25) is 0 Å². The smallest absolute Gasteiger partial charge is 0.203 e. The van der Waals surface area contributed by atoms with Crippen LogP contribution < -0.4 is 5.32 Å². The van der Waals surface area contributed by atoms with Gasteiger partial charge in [-0.05, 0) is 13.3 Å². The molecule has 1 rings (SSSR count). The van der Waals surface area contributed by atoms with Crippen molar-refractivity contribution in [3.05, 3.63) is 12.4 Å². The predicted octanol–water partition coefficient (Wildman–Crippen LogP) is 1.37. The van der Waals surface area contributed by atoms with E-state index in [9.17, 15) is 0 Å². The highest BCUT2D eigenvalue weighted by molar-refractivity contribution is 5.27. The molecule has 0 aliphatic carbocycles. The van der Waals surface area contributed by atoms with E-state index in [1.807, 2.05) is 6.20 Å². The van der Waals surface area contributed by atoms with Crippen LogP contribution in [0.5, 0.6) is 0 Å². The first kappa shape index (κ1) is 13.0. The second-order valence-electron chi connectivity index (χ2n) is 3.79. The normalized spacial score (nSPS) is 12.7. The van der Waals surface area contributed by atoms with E-state index in [0.717, 1.165) is 25.5 Å². The molecule has 0 aliphatic rings. The SMILES string of the molecule is COCCCn1ccnc1NC(C)COC. The van der Waals surface area contributed by atoms with Crippen LogP contribution in [-0.4, -0.2) is 43.0 Å². The molecule has 1 aromatic heterocycles. The van der Waals surface area contributed by atoms with E-state index in [0.29, 0.717) is 6.61 Å². The molecule has 0 spiro atoms. The lowest BCUT2D eigenvalue weighted by atomic mass is 10.4. The molecule has 0 aliphatic heterocycles. The molecule has 5 nitrogen and oxygen atoms in total. The van der Waals surface area contributed by atoms with Gasteiger partial charge in [-0.25, -0.2) is 4.98 Å². The Labute approximate surface area is 96.8 Å². The molecule has 0 aromatic carbocycles. The quantitative estimate of drug-likeness (QED) is 0.681. The Bertz CT molecular complexity index is 289. The summed E-state index contributed by atoms with van der Waals surface area (Å²) in [5.74, 6) is 0.889.